The highest BCUT2D eigenvalue weighted by Crippen LogP contribution is 2.42. The third kappa shape index (κ3) is 2.85. The number of thiophene rings is 1. The lowest BCUT2D eigenvalue weighted by molar-refractivity contribution is -0.659. The molecule has 4 aromatic heterocycles. The van der Waals surface area contributed by atoms with Crippen molar-refractivity contribution in [2.24, 2.45) is 7.05 Å². The van der Waals surface area contributed by atoms with Crippen molar-refractivity contribution in [1.82, 2.24) is 4.57 Å². The van der Waals surface area contributed by atoms with Gasteiger partial charge in [0.25, 0.3) is 5.69 Å². The van der Waals surface area contributed by atoms with Gasteiger partial charge in [0.05, 0.1) is 11.0 Å². The van der Waals surface area contributed by atoms with Crippen LogP contribution in [0.2, 0.25) is 0 Å². The predicted molar refractivity (Wildman–Crippen MR) is 155 cm³/mol. The van der Waals surface area contributed by atoms with Crippen LogP contribution in [0.4, 0.5) is 0 Å². The summed E-state index contributed by atoms with van der Waals surface area (Å²) in [6, 6.07) is 34.7. The summed E-state index contributed by atoms with van der Waals surface area (Å²) in [7, 11) is 2.11. The fraction of sp³-hybridized carbons (Fsp3) is 0.0606. The van der Waals surface area contributed by atoms with Crippen LogP contribution in [-0.2, 0) is 7.05 Å². The van der Waals surface area contributed by atoms with Crippen LogP contribution < -0.4 is 4.57 Å². The number of aryl methyl sites for hydroxylation is 2. The fourth-order valence-corrected chi connectivity index (χ4v) is 7.16. The molecule has 0 aliphatic heterocycles. The number of fused-ring (bicyclic) bond motifs is 7. The molecule has 4 aromatic carbocycles. The van der Waals surface area contributed by atoms with Gasteiger partial charge in [-0.1, -0.05) is 54.6 Å². The number of hydrogen-bond acceptors (Lipinski definition) is 2. The number of para-hydroxylation sites is 2. The molecule has 4 heterocycles. The average Bonchev–Trinajstić information content (AvgIpc) is 3.58. The summed E-state index contributed by atoms with van der Waals surface area (Å²) < 4.78 is 12.5. The molecule has 0 bridgehead atoms. The summed E-state index contributed by atoms with van der Waals surface area (Å²) in [4.78, 5) is 1.26. The summed E-state index contributed by atoms with van der Waals surface area (Å²) in [5, 5.41) is 6.12. The van der Waals surface area contributed by atoms with Crippen molar-refractivity contribution in [3.8, 4) is 16.3 Å². The predicted octanol–water partition coefficient (Wildman–Crippen LogP) is 8.70. The molecule has 0 saturated carbocycles. The summed E-state index contributed by atoms with van der Waals surface area (Å²) in [6.07, 6.45) is 2.15. The van der Waals surface area contributed by atoms with E-state index in [0.29, 0.717) is 0 Å². The quantitative estimate of drug-likeness (QED) is 0.220. The maximum Gasteiger partial charge on any atom is 0.266 e. The minimum absolute atomic E-state index is 0.903. The Morgan fingerprint density at radius 3 is 2.11 bits per heavy atom. The second kappa shape index (κ2) is 7.55. The van der Waals surface area contributed by atoms with Gasteiger partial charge >= 0.3 is 0 Å². The normalized spacial score (nSPS) is 12.1. The van der Waals surface area contributed by atoms with E-state index in [1.54, 1.807) is 0 Å². The third-order valence-electron chi connectivity index (χ3n) is 7.64. The molecule has 3 nitrogen and oxygen atoms in total. The minimum atomic E-state index is 0.903. The Balaban J connectivity index is 1.41. The van der Waals surface area contributed by atoms with E-state index in [9.17, 15) is 0 Å². The molecule has 0 amide bonds. The van der Waals surface area contributed by atoms with Gasteiger partial charge in [0.15, 0.2) is 6.20 Å². The van der Waals surface area contributed by atoms with Crippen LogP contribution in [0.25, 0.3) is 70.1 Å². The van der Waals surface area contributed by atoms with Crippen molar-refractivity contribution < 1.29 is 8.98 Å². The molecule has 176 valence electrons. The zero-order valence-electron chi connectivity index (χ0n) is 20.5. The summed E-state index contributed by atoms with van der Waals surface area (Å²) in [5.41, 5.74) is 7.78. The molecule has 8 rings (SSSR count). The molecule has 0 spiro atoms. The van der Waals surface area contributed by atoms with Crippen LogP contribution in [0.3, 0.4) is 0 Å². The number of furan rings is 1. The van der Waals surface area contributed by atoms with Gasteiger partial charge < -0.3 is 8.98 Å². The Kier molecular flexibility index (Phi) is 4.23. The van der Waals surface area contributed by atoms with Crippen molar-refractivity contribution in [2.45, 2.75) is 6.92 Å². The van der Waals surface area contributed by atoms with Crippen molar-refractivity contribution >= 4 is 65.2 Å². The van der Waals surface area contributed by atoms with Crippen LogP contribution in [0, 0.1) is 6.92 Å². The molecule has 4 heteroatoms. The van der Waals surface area contributed by atoms with Gasteiger partial charge in [-0.3, -0.25) is 0 Å². The van der Waals surface area contributed by atoms with Gasteiger partial charge in [-0.05, 0) is 48.2 Å². The van der Waals surface area contributed by atoms with Gasteiger partial charge in [-0.25, -0.2) is 0 Å². The second-order valence-corrected chi connectivity index (χ2v) is 10.8. The largest absolute Gasteiger partial charge is 0.449 e. The first-order valence-corrected chi connectivity index (χ1v) is 13.3. The Bertz CT molecular complexity index is 2120. The monoisotopic (exact) mass is 495 g/mol. The highest BCUT2D eigenvalue weighted by atomic mass is 32.1. The summed E-state index contributed by atoms with van der Waals surface area (Å²) in [5.74, 6) is 0. The van der Waals surface area contributed by atoms with Crippen LogP contribution in [0.5, 0.6) is 0 Å². The van der Waals surface area contributed by atoms with E-state index in [1.165, 1.54) is 42.3 Å². The van der Waals surface area contributed by atoms with E-state index in [2.05, 4.69) is 126 Å². The number of pyridine rings is 1. The SMILES string of the molecule is Cc1c(-c2c3oc4cc(-n5c6ccccc6c6ccccc65)ccc4c3cc[n+]2C)sc2ccccc12. The van der Waals surface area contributed by atoms with Crippen molar-refractivity contribution in [3.05, 3.63) is 109 Å². The first kappa shape index (κ1) is 20.7. The molecule has 0 fully saturated rings. The first-order chi connectivity index (χ1) is 18.2. The molecule has 0 atom stereocenters. The molecule has 0 aliphatic rings. The lowest BCUT2D eigenvalue weighted by Crippen LogP contribution is -2.30. The Labute approximate surface area is 217 Å². The molecule has 0 radical (unpaired) electrons. The Morgan fingerprint density at radius 1 is 0.703 bits per heavy atom. The number of aromatic nitrogens is 2. The second-order valence-electron chi connectivity index (χ2n) is 9.72. The van der Waals surface area contributed by atoms with Gasteiger partial charge in [-0.15, -0.1) is 11.3 Å². The number of rotatable bonds is 2. The lowest BCUT2D eigenvalue weighted by Gasteiger charge is -2.07. The Hall–Kier alpha value is -4.41. The van der Waals surface area contributed by atoms with E-state index in [1.807, 2.05) is 11.3 Å². The number of benzene rings is 4. The fourth-order valence-electron chi connectivity index (χ4n) is 5.87. The maximum atomic E-state index is 6.71. The third-order valence-corrected chi connectivity index (χ3v) is 8.92. The average molecular weight is 496 g/mol. The number of hydrogen-bond donors (Lipinski definition) is 0. The minimum Gasteiger partial charge on any atom is -0.449 e. The molecule has 0 N–H and O–H groups in total. The highest BCUT2D eigenvalue weighted by molar-refractivity contribution is 7.22. The zero-order chi connectivity index (χ0) is 24.7. The topological polar surface area (TPSA) is 21.9 Å². The smallest absolute Gasteiger partial charge is 0.266 e. The lowest BCUT2D eigenvalue weighted by atomic mass is 10.1. The molecular weight excluding hydrogens is 472 g/mol. The van der Waals surface area contributed by atoms with E-state index in [0.717, 1.165) is 33.3 Å². The first-order valence-electron chi connectivity index (χ1n) is 12.5. The summed E-state index contributed by atoms with van der Waals surface area (Å²) >= 11 is 1.83. The molecule has 0 aliphatic carbocycles. The zero-order valence-corrected chi connectivity index (χ0v) is 21.3. The number of nitrogens with zero attached hydrogens (tertiary/aromatic N) is 2. The molecule has 37 heavy (non-hydrogen) atoms. The van der Waals surface area contributed by atoms with Crippen LogP contribution in [0.15, 0.2) is 108 Å². The van der Waals surface area contributed by atoms with Gasteiger partial charge in [0, 0.05) is 44.1 Å². The van der Waals surface area contributed by atoms with Crippen molar-refractivity contribution in [2.75, 3.05) is 0 Å². The van der Waals surface area contributed by atoms with E-state index in [4.69, 9.17) is 4.42 Å². The molecule has 0 saturated heterocycles. The van der Waals surface area contributed by atoms with E-state index >= 15 is 0 Å². The summed E-state index contributed by atoms with van der Waals surface area (Å²) in [6.45, 7) is 2.22. The molecular formula is C33H23N2OS+. The van der Waals surface area contributed by atoms with E-state index < -0.39 is 0 Å². The van der Waals surface area contributed by atoms with Crippen LogP contribution in [-0.4, -0.2) is 4.57 Å². The molecule has 0 unspecified atom stereocenters. The molecule has 8 aromatic rings. The van der Waals surface area contributed by atoms with Gasteiger partial charge in [0.1, 0.15) is 17.5 Å². The van der Waals surface area contributed by atoms with Crippen LogP contribution in [0.1, 0.15) is 5.56 Å². The van der Waals surface area contributed by atoms with Gasteiger partial charge in [-0.2, -0.15) is 4.57 Å². The standard InChI is InChI=1S/C33H23N2OS/c1-20-22-9-5-8-14-30(22)37-33(20)31-32-26(17-18-34(31)2)25-16-15-21(19-29(25)36-32)35-27-12-6-3-10-23(27)24-11-4-7-13-28(24)35/h3-19H,1-2H3/q+1. The van der Waals surface area contributed by atoms with Crippen molar-refractivity contribution in [3.63, 3.8) is 0 Å². The highest BCUT2D eigenvalue weighted by Gasteiger charge is 2.25. The van der Waals surface area contributed by atoms with E-state index in [-0.39, 0.29) is 0 Å². The van der Waals surface area contributed by atoms with Crippen LogP contribution >= 0.6 is 11.3 Å². The Morgan fingerprint density at radius 2 is 1.38 bits per heavy atom. The maximum absolute atomic E-state index is 6.71. The van der Waals surface area contributed by atoms with Crippen molar-refractivity contribution in [1.29, 1.82) is 0 Å². The van der Waals surface area contributed by atoms with Gasteiger partial charge in [0.2, 0.25) is 5.58 Å².